The number of benzene rings is 2. The van der Waals surface area contributed by atoms with Gasteiger partial charge in [-0.05, 0) is 36.4 Å². The molecule has 3 rings (SSSR count). The molecule has 0 amide bonds. The molecule has 0 aliphatic carbocycles. The maximum Gasteiger partial charge on any atom is 0.338 e. The molecule has 0 spiro atoms. The summed E-state index contributed by atoms with van der Waals surface area (Å²) >= 11 is 5.79. The fraction of sp³-hybridized carbons (Fsp3) is 0.118. The molecule has 0 saturated heterocycles. The second-order valence-corrected chi connectivity index (χ2v) is 5.31. The van der Waals surface area contributed by atoms with Gasteiger partial charge in [0.1, 0.15) is 0 Å². The van der Waals surface area contributed by atoms with Crippen LogP contribution in [0.2, 0.25) is 5.02 Å². The van der Waals surface area contributed by atoms with E-state index in [4.69, 9.17) is 16.3 Å². The van der Waals surface area contributed by atoms with Crippen molar-refractivity contribution in [2.24, 2.45) is 4.99 Å². The van der Waals surface area contributed by atoms with Crippen molar-refractivity contribution in [2.45, 2.75) is 12.5 Å². The summed E-state index contributed by atoms with van der Waals surface area (Å²) < 4.78 is 5.15. The second-order valence-electron chi connectivity index (χ2n) is 4.87. The largest absolute Gasteiger partial charge is 0.406 e. The average Bonchev–Trinajstić information content (AvgIpc) is 2.90. The number of nitrogens with zero attached hydrogens (tertiary/aromatic N) is 1. The molecule has 1 aliphatic rings. The Labute approximate surface area is 132 Å². The molecule has 4 nitrogen and oxygen atoms in total. The Bertz CT molecular complexity index is 738. The van der Waals surface area contributed by atoms with Crippen molar-refractivity contribution in [2.75, 3.05) is 0 Å². The molecular weight excluding hydrogens is 302 g/mol. The van der Waals surface area contributed by atoms with E-state index in [0.29, 0.717) is 10.6 Å². The number of Topliss-reactive ketones (excluding diaryl/α,β-unsaturated/α-hetero) is 1. The van der Waals surface area contributed by atoms with Gasteiger partial charge in [-0.2, -0.15) is 0 Å². The zero-order chi connectivity index (χ0) is 15.5. The minimum Gasteiger partial charge on any atom is -0.406 e. The van der Waals surface area contributed by atoms with E-state index in [1.54, 1.807) is 36.4 Å². The molecule has 0 aromatic heterocycles. The van der Waals surface area contributed by atoms with Crippen molar-refractivity contribution in [1.29, 1.82) is 0 Å². The van der Waals surface area contributed by atoms with Gasteiger partial charge in [0.25, 0.3) is 0 Å². The lowest BCUT2D eigenvalue weighted by Gasteiger charge is -2.03. The lowest BCUT2D eigenvalue weighted by Crippen LogP contribution is -2.19. The van der Waals surface area contributed by atoms with Crippen LogP contribution in [0.3, 0.4) is 0 Å². The van der Waals surface area contributed by atoms with Gasteiger partial charge in [-0.3, -0.25) is 4.79 Å². The standard InChI is InChI=1S/C17H12ClNO3/c18-13-8-6-11(7-9-13)15(20)10-14-17(21)22-16(19-14)12-4-2-1-3-5-12/h1-9,14H,10H2. The van der Waals surface area contributed by atoms with E-state index in [2.05, 4.69) is 4.99 Å². The van der Waals surface area contributed by atoms with Gasteiger partial charge in [-0.15, -0.1) is 0 Å². The molecule has 1 atom stereocenters. The maximum absolute atomic E-state index is 12.2. The number of cyclic esters (lactones) is 1. The Morgan fingerprint density at radius 2 is 1.77 bits per heavy atom. The van der Waals surface area contributed by atoms with Gasteiger partial charge in [-0.25, -0.2) is 9.79 Å². The van der Waals surface area contributed by atoms with Crippen LogP contribution in [0.5, 0.6) is 0 Å². The van der Waals surface area contributed by atoms with Crippen LogP contribution in [0.1, 0.15) is 22.3 Å². The summed E-state index contributed by atoms with van der Waals surface area (Å²) in [7, 11) is 0. The summed E-state index contributed by atoms with van der Waals surface area (Å²) in [5.74, 6) is -0.405. The highest BCUT2D eigenvalue weighted by Gasteiger charge is 2.31. The van der Waals surface area contributed by atoms with Crippen LogP contribution < -0.4 is 0 Å². The quantitative estimate of drug-likeness (QED) is 0.643. The fourth-order valence-corrected chi connectivity index (χ4v) is 2.28. The van der Waals surface area contributed by atoms with Crippen molar-refractivity contribution in [3.63, 3.8) is 0 Å². The third-order valence-corrected chi connectivity index (χ3v) is 3.56. The summed E-state index contributed by atoms with van der Waals surface area (Å²) in [6, 6.07) is 14.9. The normalized spacial score (nSPS) is 17.0. The van der Waals surface area contributed by atoms with Crippen LogP contribution in [-0.4, -0.2) is 23.7 Å². The first-order valence-electron chi connectivity index (χ1n) is 6.77. The molecule has 0 N–H and O–H groups in total. The Balaban J connectivity index is 1.75. The van der Waals surface area contributed by atoms with E-state index < -0.39 is 12.0 Å². The summed E-state index contributed by atoms with van der Waals surface area (Å²) in [5.41, 5.74) is 1.22. The van der Waals surface area contributed by atoms with Crippen molar-refractivity contribution in [3.8, 4) is 0 Å². The minimum absolute atomic E-state index is 0.0171. The number of carbonyl (C=O) groups excluding carboxylic acids is 2. The number of hydrogen-bond donors (Lipinski definition) is 0. The SMILES string of the molecule is O=C(CC1N=C(c2ccccc2)OC1=O)c1ccc(Cl)cc1. The van der Waals surface area contributed by atoms with Gasteiger partial charge in [-0.1, -0.05) is 29.8 Å². The van der Waals surface area contributed by atoms with E-state index in [9.17, 15) is 9.59 Å². The molecule has 2 aromatic rings. The van der Waals surface area contributed by atoms with E-state index in [1.807, 2.05) is 18.2 Å². The van der Waals surface area contributed by atoms with Gasteiger partial charge < -0.3 is 4.74 Å². The molecular formula is C17H12ClNO3. The van der Waals surface area contributed by atoms with Crippen LogP contribution in [0.25, 0.3) is 0 Å². The van der Waals surface area contributed by atoms with E-state index >= 15 is 0 Å². The number of ketones is 1. The Morgan fingerprint density at radius 3 is 2.45 bits per heavy atom. The summed E-state index contributed by atoms with van der Waals surface area (Å²) in [5, 5.41) is 0.557. The number of aliphatic imine (C=N–C) groups is 1. The molecule has 22 heavy (non-hydrogen) atoms. The van der Waals surface area contributed by atoms with Crippen LogP contribution >= 0.6 is 11.6 Å². The van der Waals surface area contributed by atoms with E-state index in [1.165, 1.54) is 0 Å². The zero-order valence-electron chi connectivity index (χ0n) is 11.5. The number of hydrogen-bond acceptors (Lipinski definition) is 4. The predicted octanol–water partition coefficient (Wildman–Crippen LogP) is 3.29. The van der Waals surface area contributed by atoms with Crippen molar-refractivity contribution in [3.05, 3.63) is 70.7 Å². The molecule has 110 valence electrons. The van der Waals surface area contributed by atoms with Crippen LogP contribution in [0.15, 0.2) is 59.6 Å². The highest BCUT2D eigenvalue weighted by atomic mass is 35.5. The molecule has 0 bridgehead atoms. The Kier molecular flexibility index (Phi) is 4.02. The minimum atomic E-state index is -0.793. The number of halogens is 1. The molecule has 0 fully saturated rings. The topological polar surface area (TPSA) is 55.7 Å². The van der Waals surface area contributed by atoms with Gasteiger partial charge in [0.15, 0.2) is 11.8 Å². The van der Waals surface area contributed by atoms with E-state index in [-0.39, 0.29) is 18.1 Å². The zero-order valence-corrected chi connectivity index (χ0v) is 12.3. The number of ether oxygens (including phenoxy) is 1. The number of rotatable bonds is 4. The lowest BCUT2D eigenvalue weighted by molar-refractivity contribution is -0.134. The molecule has 5 heteroatoms. The van der Waals surface area contributed by atoms with Gasteiger partial charge >= 0.3 is 5.97 Å². The van der Waals surface area contributed by atoms with Crippen LogP contribution in [0.4, 0.5) is 0 Å². The van der Waals surface area contributed by atoms with Crippen LogP contribution in [-0.2, 0) is 9.53 Å². The predicted molar refractivity (Wildman–Crippen MR) is 83.3 cm³/mol. The first-order valence-corrected chi connectivity index (χ1v) is 7.15. The Morgan fingerprint density at radius 1 is 1.09 bits per heavy atom. The highest BCUT2D eigenvalue weighted by molar-refractivity contribution is 6.30. The van der Waals surface area contributed by atoms with E-state index in [0.717, 1.165) is 5.56 Å². The molecule has 1 unspecified atom stereocenters. The summed E-state index contributed by atoms with van der Waals surface area (Å²) in [4.78, 5) is 28.3. The van der Waals surface area contributed by atoms with Crippen molar-refractivity contribution < 1.29 is 14.3 Å². The smallest absolute Gasteiger partial charge is 0.338 e. The maximum atomic E-state index is 12.2. The number of esters is 1. The lowest BCUT2D eigenvalue weighted by atomic mass is 10.0. The van der Waals surface area contributed by atoms with Gasteiger partial charge in [0.2, 0.25) is 5.90 Å². The monoisotopic (exact) mass is 313 g/mol. The number of carbonyl (C=O) groups is 2. The molecule has 2 aromatic carbocycles. The van der Waals surface area contributed by atoms with Crippen LogP contribution in [0, 0.1) is 0 Å². The molecule has 0 saturated carbocycles. The van der Waals surface area contributed by atoms with Crippen molar-refractivity contribution in [1.82, 2.24) is 0 Å². The Hall–Kier alpha value is -2.46. The summed E-state index contributed by atoms with van der Waals surface area (Å²) in [6.45, 7) is 0. The van der Waals surface area contributed by atoms with Gasteiger partial charge in [0, 0.05) is 22.6 Å². The third-order valence-electron chi connectivity index (χ3n) is 3.31. The fourth-order valence-electron chi connectivity index (χ4n) is 2.16. The third kappa shape index (κ3) is 3.07. The van der Waals surface area contributed by atoms with Crippen molar-refractivity contribution >= 4 is 29.3 Å². The summed E-state index contributed by atoms with van der Waals surface area (Å²) in [6.07, 6.45) is -0.0171. The first-order chi connectivity index (χ1) is 10.6. The average molecular weight is 314 g/mol. The first kappa shape index (κ1) is 14.5. The van der Waals surface area contributed by atoms with Gasteiger partial charge in [0.05, 0.1) is 0 Å². The molecule has 0 radical (unpaired) electrons. The molecule has 1 heterocycles. The highest BCUT2D eigenvalue weighted by Crippen LogP contribution is 2.18. The molecule has 1 aliphatic heterocycles. The second kappa shape index (κ2) is 6.12.